The molecule has 13 atom stereocenters. The minimum atomic E-state index is -2.52. The van der Waals surface area contributed by atoms with Crippen molar-refractivity contribution in [1.29, 1.82) is 0 Å². The van der Waals surface area contributed by atoms with Gasteiger partial charge in [0.15, 0.2) is 6.10 Å². The molecular formula is C46H54N4O10. The predicted molar refractivity (Wildman–Crippen MR) is 218 cm³/mol. The summed E-state index contributed by atoms with van der Waals surface area (Å²) < 4.78 is 23.7. The van der Waals surface area contributed by atoms with Crippen molar-refractivity contribution in [3.05, 3.63) is 70.9 Å². The molecule has 7 aliphatic rings. The van der Waals surface area contributed by atoms with E-state index in [1.54, 1.807) is 6.07 Å². The fraction of sp³-hybridized carbons (Fsp3) is 0.565. The number of aromatic amines is 1. The van der Waals surface area contributed by atoms with E-state index >= 15 is 4.79 Å². The number of anilines is 1. The molecule has 1 amide bonds. The Kier molecular flexibility index (Phi) is 8.61. The van der Waals surface area contributed by atoms with Crippen molar-refractivity contribution in [2.24, 2.45) is 11.3 Å². The number of hydrogen-bond donors (Lipinski definition) is 3. The third kappa shape index (κ3) is 4.73. The number of benzene rings is 2. The van der Waals surface area contributed by atoms with Crippen LogP contribution in [-0.4, -0.2) is 132 Å². The van der Waals surface area contributed by atoms with Crippen LogP contribution in [0.5, 0.6) is 5.75 Å². The molecule has 60 heavy (non-hydrogen) atoms. The summed E-state index contributed by atoms with van der Waals surface area (Å²) in [7, 11) is 4.10. The van der Waals surface area contributed by atoms with Gasteiger partial charge in [0, 0.05) is 83.7 Å². The molecule has 1 aliphatic carbocycles. The van der Waals surface area contributed by atoms with E-state index in [2.05, 4.69) is 26.9 Å². The quantitative estimate of drug-likeness (QED) is 0.0999. The SMILES string of the molecule is CC[C@]1(O)C[C@@H]2CN(CCc3c([nH]c4ccccc34)[C@@](C(=O)OC)(c3cc4c(cc3OC)N(C=O)[C@H]3[C@@](O)(C(=O)OC)[C@H](OC(C)=O)[C@]5(CC)C=C[C@@H]6[C@@H]7C[C@]43[C@H]5N67)C2)C1. The number of fused-ring (bicyclic) bond motifs is 7. The van der Waals surface area contributed by atoms with E-state index in [1.165, 1.54) is 33.2 Å². The normalized spacial score (nSPS) is 40.2. The second-order valence-corrected chi connectivity index (χ2v) is 18.5. The summed E-state index contributed by atoms with van der Waals surface area (Å²) in [5.74, 6) is -2.04. The zero-order chi connectivity index (χ0) is 42.3. The number of H-pyrrole nitrogens is 1. The minimum Gasteiger partial charge on any atom is -0.496 e. The predicted octanol–water partition coefficient (Wildman–Crippen LogP) is 3.27. The minimum absolute atomic E-state index is 0.0184. The van der Waals surface area contributed by atoms with Crippen molar-refractivity contribution in [3.8, 4) is 5.75 Å². The van der Waals surface area contributed by atoms with Gasteiger partial charge >= 0.3 is 17.9 Å². The molecule has 3 N–H and O–H groups in total. The first-order chi connectivity index (χ1) is 28.8. The molecule has 2 unspecified atom stereocenters. The number of carbonyl (C=O) groups is 4. The number of rotatable bonds is 8. The monoisotopic (exact) mass is 822 g/mol. The second kappa shape index (κ2) is 13.1. The van der Waals surface area contributed by atoms with Gasteiger partial charge in [0.1, 0.15) is 11.2 Å². The molecule has 1 saturated carbocycles. The molecular weight excluding hydrogens is 769 g/mol. The fourth-order valence-corrected chi connectivity index (χ4v) is 13.9. The average Bonchev–Trinajstić information content (AvgIpc) is 3.49. The molecule has 2 aromatic carbocycles. The zero-order valence-electron chi connectivity index (χ0n) is 35.0. The Hall–Kier alpha value is -4.76. The van der Waals surface area contributed by atoms with Crippen molar-refractivity contribution in [3.63, 3.8) is 0 Å². The summed E-state index contributed by atoms with van der Waals surface area (Å²) in [6.07, 6.45) is 6.07. The van der Waals surface area contributed by atoms with Crippen LogP contribution in [0.1, 0.15) is 75.3 Å². The molecule has 3 saturated heterocycles. The number of carbonyl (C=O) groups excluding carboxylic acids is 4. The maximum Gasteiger partial charge on any atom is 0.344 e. The van der Waals surface area contributed by atoms with Gasteiger partial charge < -0.3 is 39.0 Å². The summed E-state index contributed by atoms with van der Waals surface area (Å²) in [5.41, 5.74) is -3.03. The largest absolute Gasteiger partial charge is 0.496 e. The van der Waals surface area contributed by atoms with Gasteiger partial charge in [-0.05, 0) is 67.7 Å². The Balaban J connectivity index is 1.29. The summed E-state index contributed by atoms with van der Waals surface area (Å²) in [5, 5.41) is 26.3. The zero-order valence-corrected chi connectivity index (χ0v) is 35.0. The maximum atomic E-state index is 15.3. The summed E-state index contributed by atoms with van der Waals surface area (Å²) in [6.45, 7) is 7.07. The molecule has 4 fully saturated rings. The van der Waals surface area contributed by atoms with Crippen LogP contribution in [0, 0.1) is 11.3 Å². The maximum absolute atomic E-state index is 15.3. The van der Waals surface area contributed by atoms with E-state index in [4.69, 9.17) is 18.9 Å². The molecule has 2 bridgehead atoms. The highest BCUT2D eigenvalue weighted by Gasteiger charge is 2.86. The summed E-state index contributed by atoms with van der Waals surface area (Å²) in [6, 6.07) is 10.2. The smallest absolute Gasteiger partial charge is 0.344 e. The van der Waals surface area contributed by atoms with Crippen molar-refractivity contribution in [1.82, 2.24) is 14.8 Å². The molecule has 7 heterocycles. The lowest BCUT2D eigenvalue weighted by atomic mass is 9.46. The van der Waals surface area contributed by atoms with E-state index in [9.17, 15) is 24.6 Å². The number of methoxy groups -OCH3 is 3. The number of nitrogens with zero attached hydrogens (tertiary/aromatic N) is 3. The van der Waals surface area contributed by atoms with Gasteiger partial charge in [-0.3, -0.25) is 24.2 Å². The van der Waals surface area contributed by atoms with Crippen molar-refractivity contribution in [2.45, 2.75) is 112 Å². The number of para-hydroxylation sites is 1. The number of nitrogens with one attached hydrogen (secondary N) is 1. The number of aliphatic hydroxyl groups is 2. The van der Waals surface area contributed by atoms with E-state index in [0.29, 0.717) is 86.4 Å². The highest BCUT2D eigenvalue weighted by molar-refractivity contribution is 5.96. The Bertz CT molecular complexity index is 2380. The Morgan fingerprint density at radius 3 is 2.42 bits per heavy atom. The number of hydrogen-bond acceptors (Lipinski definition) is 12. The van der Waals surface area contributed by atoms with E-state index < -0.39 is 63.5 Å². The van der Waals surface area contributed by atoms with Crippen LogP contribution in [0.4, 0.5) is 5.69 Å². The standard InChI is InChI=1S/C46H54N4O10/c1-7-42(55)19-26-20-44(40(53)58-5,36-28(14-16-48(22-26)23-42)27-11-9-10-12-31(27)47-36)30-17-29-33(18-35(30)57-4)49(24-51)38-45(29)21-34-32-13-15-43(8-2,37(45)50(32)34)39(60-25(3)52)46(38,56)41(54)59-6/h9-13,15,17-18,24,26,32,34,37-39,47,55-56H,7-8,14,16,19-23H2,1-6H3/t26-,32+,34-,37-,38+,39+,42-,43+,44-,45+,46-,50?/m0/s1. The van der Waals surface area contributed by atoms with Gasteiger partial charge in [-0.2, -0.15) is 0 Å². The van der Waals surface area contributed by atoms with Gasteiger partial charge in [0.25, 0.3) is 0 Å². The van der Waals surface area contributed by atoms with Crippen molar-refractivity contribution >= 4 is 40.9 Å². The Morgan fingerprint density at radius 2 is 1.73 bits per heavy atom. The van der Waals surface area contributed by atoms with Gasteiger partial charge in [-0.1, -0.05) is 44.2 Å². The molecule has 0 radical (unpaired) electrons. The molecule has 14 nitrogen and oxygen atoms in total. The Labute approximate surface area is 348 Å². The van der Waals surface area contributed by atoms with E-state index in [0.717, 1.165) is 16.5 Å². The van der Waals surface area contributed by atoms with Crippen molar-refractivity contribution in [2.75, 3.05) is 45.9 Å². The van der Waals surface area contributed by atoms with E-state index in [1.807, 2.05) is 44.2 Å². The van der Waals surface area contributed by atoms with Gasteiger partial charge in [0.2, 0.25) is 12.0 Å². The summed E-state index contributed by atoms with van der Waals surface area (Å²) >= 11 is 0. The molecule has 14 heteroatoms. The van der Waals surface area contributed by atoms with Gasteiger partial charge in [-0.15, -0.1) is 0 Å². The first-order valence-corrected chi connectivity index (χ1v) is 21.3. The van der Waals surface area contributed by atoms with Gasteiger partial charge in [0.05, 0.1) is 38.7 Å². The highest BCUT2D eigenvalue weighted by atomic mass is 16.6. The average molecular weight is 823 g/mol. The molecule has 6 aliphatic heterocycles. The number of piperidine rings is 2. The third-order valence-corrected chi connectivity index (χ3v) is 16.0. The van der Waals surface area contributed by atoms with E-state index in [-0.39, 0.29) is 24.4 Å². The van der Waals surface area contributed by atoms with Crippen LogP contribution in [0.25, 0.3) is 10.9 Å². The molecule has 10 rings (SSSR count). The van der Waals surface area contributed by atoms with Crippen LogP contribution < -0.4 is 9.64 Å². The number of aromatic nitrogens is 1. The lowest BCUT2D eigenvalue weighted by Gasteiger charge is -2.63. The number of esters is 3. The molecule has 3 aromatic rings. The topological polar surface area (TPSA) is 171 Å². The highest BCUT2D eigenvalue weighted by Crippen LogP contribution is 2.73. The summed E-state index contributed by atoms with van der Waals surface area (Å²) in [4.78, 5) is 66.3. The molecule has 318 valence electrons. The number of amides is 1. The van der Waals surface area contributed by atoms with Crippen LogP contribution in [0.2, 0.25) is 0 Å². The number of ether oxygens (including phenoxy) is 4. The first kappa shape index (κ1) is 39.4. The second-order valence-electron chi connectivity index (χ2n) is 18.5. The van der Waals surface area contributed by atoms with Crippen molar-refractivity contribution < 1.29 is 48.3 Å². The van der Waals surface area contributed by atoms with Crippen LogP contribution in [0.3, 0.4) is 0 Å². The van der Waals surface area contributed by atoms with Crippen LogP contribution >= 0.6 is 0 Å². The lowest BCUT2D eigenvalue weighted by Crippen LogP contribution is -2.81. The van der Waals surface area contributed by atoms with Gasteiger partial charge in [-0.25, -0.2) is 4.79 Å². The molecule has 1 aromatic heterocycles. The first-order valence-electron chi connectivity index (χ1n) is 21.3. The lowest BCUT2D eigenvalue weighted by molar-refractivity contribution is -0.227. The molecule has 1 spiro atoms. The van der Waals surface area contributed by atoms with Crippen LogP contribution in [-0.2, 0) is 50.6 Å². The fourth-order valence-electron chi connectivity index (χ4n) is 13.9. The van der Waals surface area contributed by atoms with Crippen LogP contribution in [0.15, 0.2) is 48.6 Å². The Morgan fingerprint density at radius 1 is 0.967 bits per heavy atom. The third-order valence-electron chi connectivity index (χ3n) is 16.0.